The fourth-order valence-electron chi connectivity index (χ4n) is 2.16. The van der Waals surface area contributed by atoms with E-state index in [-0.39, 0.29) is 12.5 Å². The second-order valence-electron chi connectivity index (χ2n) is 4.55. The molecule has 0 radical (unpaired) electrons. The molecular weight excluding hydrogens is 298 g/mol. The minimum atomic E-state index is -2.16. The van der Waals surface area contributed by atoms with E-state index in [1.165, 1.54) is 0 Å². The molecule has 114 valence electrons. The molecule has 5 nitrogen and oxygen atoms in total. The van der Waals surface area contributed by atoms with Gasteiger partial charge in [0.2, 0.25) is 0 Å². The van der Waals surface area contributed by atoms with Crippen LogP contribution in [0.4, 0.5) is 17.6 Å². The molecule has 21 heavy (non-hydrogen) atoms. The van der Waals surface area contributed by atoms with Gasteiger partial charge in [0.25, 0.3) is 5.91 Å². The smallest absolute Gasteiger partial charge is 0.326 e. The molecule has 1 aromatic rings. The summed E-state index contributed by atoms with van der Waals surface area (Å²) in [5.74, 6) is -10.7. The lowest BCUT2D eigenvalue weighted by Crippen LogP contribution is -2.41. The maximum Gasteiger partial charge on any atom is 0.326 e. The van der Waals surface area contributed by atoms with Crippen molar-refractivity contribution < 1.29 is 37.4 Å². The number of halogens is 4. The number of carbonyl (C=O) groups is 2. The summed E-state index contributed by atoms with van der Waals surface area (Å²) in [5, 5.41) is 18.3. The predicted octanol–water partition coefficient (Wildman–Crippen LogP) is 0.903. The number of benzene rings is 1. The zero-order valence-electron chi connectivity index (χ0n) is 10.3. The van der Waals surface area contributed by atoms with E-state index >= 15 is 0 Å². The minimum absolute atomic E-state index is 0.152. The number of amides is 1. The maximum atomic E-state index is 13.5. The maximum absolute atomic E-state index is 13.5. The first-order chi connectivity index (χ1) is 9.73. The molecule has 1 fully saturated rings. The molecule has 1 aliphatic rings. The quantitative estimate of drug-likeness (QED) is 0.483. The molecule has 0 bridgehead atoms. The van der Waals surface area contributed by atoms with Gasteiger partial charge in [0, 0.05) is 13.0 Å². The molecule has 1 aliphatic heterocycles. The summed E-state index contributed by atoms with van der Waals surface area (Å²) in [6.45, 7) is -0.435. The molecule has 2 rings (SSSR count). The number of hydrogen-bond donors (Lipinski definition) is 2. The number of rotatable bonds is 2. The molecule has 1 amide bonds. The standard InChI is InChI=1S/C12H9F4NO4/c13-6-2-5(8(14)10(16)9(6)15)11(19)17-3-4(18)1-7(17)12(20)21/h2,4,7,18H,1,3H2,(H,20,21)/t4-,7-/m1/s1. The number of nitrogens with zero attached hydrogens (tertiary/aromatic N) is 1. The van der Waals surface area contributed by atoms with Gasteiger partial charge in [0.15, 0.2) is 23.3 Å². The van der Waals surface area contributed by atoms with Gasteiger partial charge in [-0.1, -0.05) is 0 Å². The summed E-state index contributed by atoms with van der Waals surface area (Å²) in [5.41, 5.74) is -1.13. The van der Waals surface area contributed by atoms with Gasteiger partial charge in [-0.25, -0.2) is 22.4 Å². The molecule has 2 N–H and O–H groups in total. The van der Waals surface area contributed by atoms with Crippen molar-refractivity contribution in [2.75, 3.05) is 6.54 Å². The highest BCUT2D eigenvalue weighted by atomic mass is 19.2. The van der Waals surface area contributed by atoms with Crippen molar-refractivity contribution in [1.82, 2.24) is 4.90 Å². The Bertz CT molecular complexity index is 622. The number of hydrogen-bond acceptors (Lipinski definition) is 3. The molecule has 0 aliphatic carbocycles. The molecule has 0 unspecified atom stereocenters. The number of aliphatic hydroxyl groups is 1. The first-order valence-electron chi connectivity index (χ1n) is 5.78. The van der Waals surface area contributed by atoms with Gasteiger partial charge < -0.3 is 15.1 Å². The summed E-state index contributed by atoms with van der Waals surface area (Å²) >= 11 is 0. The average Bonchev–Trinajstić information content (AvgIpc) is 2.82. The van der Waals surface area contributed by atoms with Gasteiger partial charge in [-0.2, -0.15) is 0 Å². The molecule has 2 atom stereocenters. The van der Waals surface area contributed by atoms with Crippen molar-refractivity contribution in [2.24, 2.45) is 0 Å². The van der Waals surface area contributed by atoms with E-state index in [0.717, 1.165) is 0 Å². The third kappa shape index (κ3) is 2.56. The van der Waals surface area contributed by atoms with Crippen molar-refractivity contribution in [2.45, 2.75) is 18.6 Å². The Hall–Kier alpha value is -2.16. The van der Waals surface area contributed by atoms with E-state index in [1.54, 1.807) is 0 Å². The van der Waals surface area contributed by atoms with Crippen LogP contribution in [0, 0.1) is 23.3 Å². The van der Waals surface area contributed by atoms with Crippen molar-refractivity contribution in [3.05, 3.63) is 34.9 Å². The molecule has 1 aromatic carbocycles. The van der Waals surface area contributed by atoms with Crippen LogP contribution in [0.15, 0.2) is 6.07 Å². The molecule has 0 aromatic heterocycles. The van der Waals surface area contributed by atoms with Crippen LogP contribution in [0.2, 0.25) is 0 Å². The Morgan fingerprint density at radius 2 is 1.76 bits per heavy atom. The number of β-amino-alcohol motifs (C(OH)–C–C–N with tert-alkyl or cyclic N) is 1. The highest BCUT2D eigenvalue weighted by molar-refractivity contribution is 5.97. The molecule has 9 heteroatoms. The zero-order valence-corrected chi connectivity index (χ0v) is 10.3. The van der Waals surface area contributed by atoms with E-state index in [0.29, 0.717) is 4.90 Å². The lowest BCUT2D eigenvalue weighted by molar-refractivity contribution is -0.141. The third-order valence-corrected chi connectivity index (χ3v) is 3.16. The minimum Gasteiger partial charge on any atom is -0.480 e. The van der Waals surface area contributed by atoms with Crippen LogP contribution in [0.3, 0.4) is 0 Å². The largest absolute Gasteiger partial charge is 0.480 e. The van der Waals surface area contributed by atoms with Crippen molar-refractivity contribution in [1.29, 1.82) is 0 Å². The Kier molecular flexibility index (Phi) is 3.86. The van der Waals surface area contributed by atoms with Crippen LogP contribution in [-0.4, -0.2) is 45.7 Å². The lowest BCUT2D eigenvalue weighted by atomic mass is 10.1. The van der Waals surface area contributed by atoms with Crippen LogP contribution in [-0.2, 0) is 4.79 Å². The number of likely N-dealkylation sites (tertiary alicyclic amines) is 1. The number of aliphatic hydroxyl groups excluding tert-OH is 1. The van der Waals surface area contributed by atoms with Gasteiger partial charge in [0.05, 0.1) is 11.7 Å². The number of carboxylic acid groups (broad SMARTS) is 1. The van der Waals surface area contributed by atoms with E-state index < -0.39 is 59.4 Å². The van der Waals surface area contributed by atoms with Crippen molar-refractivity contribution in [3.8, 4) is 0 Å². The van der Waals surface area contributed by atoms with Crippen LogP contribution >= 0.6 is 0 Å². The van der Waals surface area contributed by atoms with Gasteiger partial charge in [-0.05, 0) is 6.07 Å². The summed E-state index contributed by atoms with van der Waals surface area (Å²) in [4.78, 5) is 23.5. The lowest BCUT2D eigenvalue weighted by Gasteiger charge is -2.21. The fourth-order valence-corrected chi connectivity index (χ4v) is 2.16. The fraction of sp³-hybridized carbons (Fsp3) is 0.333. The normalized spacial score (nSPS) is 21.7. The Labute approximate surface area is 115 Å². The van der Waals surface area contributed by atoms with Crippen LogP contribution in [0.25, 0.3) is 0 Å². The number of aliphatic carboxylic acids is 1. The summed E-state index contributed by atoms with van der Waals surface area (Å²) in [6, 6.07) is -1.30. The molecule has 1 saturated heterocycles. The van der Waals surface area contributed by atoms with E-state index in [2.05, 4.69) is 0 Å². The van der Waals surface area contributed by atoms with Crippen LogP contribution < -0.4 is 0 Å². The third-order valence-electron chi connectivity index (χ3n) is 3.16. The van der Waals surface area contributed by atoms with Gasteiger partial charge >= 0.3 is 5.97 Å². The predicted molar refractivity (Wildman–Crippen MR) is 59.4 cm³/mol. The zero-order chi connectivity index (χ0) is 15.9. The van der Waals surface area contributed by atoms with Gasteiger partial charge in [-0.3, -0.25) is 4.79 Å². The summed E-state index contributed by atoms with van der Waals surface area (Å²) in [7, 11) is 0. The highest BCUT2D eigenvalue weighted by Gasteiger charge is 2.40. The second kappa shape index (κ2) is 5.32. The molecular formula is C12H9F4NO4. The highest BCUT2D eigenvalue weighted by Crippen LogP contribution is 2.25. The number of carbonyl (C=O) groups excluding carboxylic acids is 1. The first-order valence-corrected chi connectivity index (χ1v) is 5.78. The Morgan fingerprint density at radius 1 is 1.14 bits per heavy atom. The Morgan fingerprint density at radius 3 is 2.33 bits per heavy atom. The van der Waals surface area contributed by atoms with E-state index in [9.17, 15) is 32.3 Å². The van der Waals surface area contributed by atoms with E-state index in [4.69, 9.17) is 5.11 Å². The molecule has 0 saturated carbocycles. The first kappa shape index (κ1) is 15.2. The molecule has 0 spiro atoms. The SMILES string of the molecule is O=C(O)[C@H]1C[C@@H](O)CN1C(=O)c1cc(F)c(F)c(F)c1F. The molecule has 1 heterocycles. The summed E-state index contributed by atoms with van der Waals surface area (Å²) < 4.78 is 52.5. The van der Waals surface area contributed by atoms with Crippen LogP contribution in [0.5, 0.6) is 0 Å². The van der Waals surface area contributed by atoms with Crippen LogP contribution in [0.1, 0.15) is 16.8 Å². The van der Waals surface area contributed by atoms with Gasteiger partial charge in [0.1, 0.15) is 6.04 Å². The Balaban J connectivity index is 2.43. The van der Waals surface area contributed by atoms with Crippen molar-refractivity contribution >= 4 is 11.9 Å². The van der Waals surface area contributed by atoms with Crippen molar-refractivity contribution in [3.63, 3.8) is 0 Å². The van der Waals surface area contributed by atoms with Gasteiger partial charge in [-0.15, -0.1) is 0 Å². The second-order valence-corrected chi connectivity index (χ2v) is 4.55. The number of carboxylic acids is 1. The topological polar surface area (TPSA) is 77.8 Å². The average molecular weight is 307 g/mol. The van der Waals surface area contributed by atoms with E-state index in [1.807, 2.05) is 0 Å². The monoisotopic (exact) mass is 307 g/mol. The summed E-state index contributed by atoms with van der Waals surface area (Å²) in [6.07, 6.45) is -1.46.